The molecule has 8 nitrogen and oxygen atoms in total. The summed E-state index contributed by atoms with van der Waals surface area (Å²) in [5.74, 6) is 1.76. The van der Waals surface area contributed by atoms with E-state index in [0.29, 0.717) is 47.6 Å². The molecule has 0 unspecified atom stereocenters. The van der Waals surface area contributed by atoms with Gasteiger partial charge < -0.3 is 19.5 Å². The molecule has 0 atom stereocenters. The van der Waals surface area contributed by atoms with Crippen LogP contribution in [0.15, 0.2) is 41.5 Å². The maximum absolute atomic E-state index is 13.2. The van der Waals surface area contributed by atoms with Gasteiger partial charge in [-0.1, -0.05) is 11.6 Å². The Labute approximate surface area is 211 Å². The second-order valence-corrected chi connectivity index (χ2v) is 8.87. The van der Waals surface area contributed by atoms with Crippen molar-refractivity contribution in [2.75, 3.05) is 59.6 Å². The van der Waals surface area contributed by atoms with Crippen molar-refractivity contribution in [3.8, 4) is 17.2 Å². The molecule has 0 saturated carbocycles. The van der Waals surface area contributed by atoms with E-state index in [4.69, 9.17) is 25.8 Å². The highest BCUT2D eigenvalue weighted by Gasteiger charge is 2.23. The molecule has 2 aromatic rings. The third kappa shape index (κ3) is 6.45. The van der Waals surface area contributed by atoms with Gasteiger partial charge in [0.05, 0.1) is 30.0 Å². The number of hydrazone groups is 1. The molecule has 9 heteroatoms. The van der Waals surface area contributed by atoms with Crippen molar-refractivity contribution in [1.82, 2.24) is 15.2 Å². The number of carbonyl (C=O) groups excluding carboxylic acids is 1. The summed E-state index contributed by atoms with van der Waals surface area (Å²) >= 11 is 6.49. The van der Waals surface area contributed by atoms with E-state index in [1.807, 2.05) is 25.1 Å². The molecule has 4 rings (SSSR count). The van der Waals surface area contributed by atoms with Crippen LogP contribution in [0.5, 0.6) is 17.2 Å². The van der Waals surface area contributed by atoms with Crippen molar-refractivity contribution in [2.45, 2.75) is 19.8 Å². The Bertz CT molecular complexity index is 1060. The molecule has 0 aromatic heterocycles. The topological polar surface area (TPSA) is 75.6 Å². The number of rotatable bonds is 9. The van der Waals surface area contributed by atoms with E-state index in [2.05, 4.69) is 15.3 Å². The third-order valence-electron chi connectivity index (χ3n) is 6.11. The van der Waals surface area contributed by atoms with Crippen molar-refractivity contribution in [1.29, 1.82) is 0 Å². The Balaban J connectivity index is 1.42. The molecule has 0 aliphatic carbocycles. The molecule has 0 radical (unpaired) electrons. The maximum atomic E-state index is 13.2. The molecule has 1 saturated heterocycles. The van der Waals surface area contributed by atoms with Crippen LogP contribution in [-0.4, -0.2) is 81.1 Å². The van der Waals surface area contributed by atoms with E-state index in [9.17, 15) is 4.79 Å². The average Bonchev–Trinajstić information content (AvgIpc) is 2.89. The summed E-state index contributed by atoms with van der Waals surface area (Å²) in [5, 5.41) is 9.85. The van der Waals surface area contributed by atoms with Crippen LogP contribution in [0.2, 0.25) is 5.02 Å². The molecule has 1 N–H and O–H groups in total. The number of nitrogens with one attached hydrogen (secondary N) is 1. The molecule has 0 spiro atoms. The van der Waals surface area contributed by atoms with Crippen LogP contribution in [0, 0.1) is 0 Å². The summed E-state index contributed by atoms with van der Waals surface area (Å²) < 4.78 is 16.9. The lowest BCUT2D eigenvalue weighted by atomic mass is 10.0. The Morgan fingerprint density at radius 3 is 2.66 bits per heavy atom. The predicted molar refractivity (Wildman–Crippen MR) is 137 cm³/mol. The summed E-state index contributed by atoms with van der Waals surface area (Å²) in [5.41, 5.74) is 2.15. The van der Waals surface area contributed by atoms with Gasteiger partial charge in [0.15, 0.2) is 11.5 Å². The summed E-state index contributed by atoms with van der Waals surface area (Å²) in [4.78, 5) is 15.6. The van der Waals surface area contributed by atoms with Crippen molar-refractivity contribution >= 4 is 23.2 Å². The lowest BCUT2D eigenvalue weighted by Crippen LogP contribution is -2.44. The number of hydrogen-bond donors (Lipinski definition) is 1. The quantitative estimate of drug-likeness (QED) is 0.566. The largest absolute Gasteiger partial charge is 0.493 e. The molecule has 2 aliphatic rings. The van der Waals surface area contributed by atoms with Crippen molar-refractivity contribution < 1.29 is 19.0 Å². The van der Waals surface area contributed by atoms with E-state index >= 15 is 0 Å². The zero-order valence-corrected chi connectivity index (χ0v) is 21.1. The molecule has 1 amide bonds. The number of carbonyl (C=O) groups is 1. The summed E-state index contributed by atoms with van der Waals surface area (Å²) in [7, 11) is 1.61. The van der Waals surface area contributed by atoms with Crippen molar-refractivity contribution in [3.05, 3.63) is 52.5 Å². The Kier molecular flexibility index (Phi) is 8.84. The van der Waals surface area contributed by atoms with Gasteiger partial charge in [0, 0.05) is 44.8 Å². The summed E-state index contributed by atoms with van der Waals surface area (Å²) in [6.07, 6.45) is 1.58. The lowest BCUT2D eigenvalue weighted by Gasteiger charge is -2.27. The van der Waals surface area contributed by atoms with E-state index in [1.54, 1.807) is 25.3 Å². The van der Waals surface area contributed by atoms with Gasteiger partial charge in [0.2, 0.25) is 0 Å². The minimum atomic E-state index is -0.224. The SMILES string of the molecule is CCOc1cc(C2=NN(C(=O)c3ccc(OCCN4CCNCC4)cc3Cl)CCC2)ccc1OC. The van der Waals surface area contributed by atoms with Gasteiger partial charge in [0.1, 0.15) is 12.4 Å². The molecular weight excluding hydrogens is 468 g/mol. The highest BCUT2D eigenvalue weighted by atomic mass is 35.5. The number of piperazine rings is 1. The molecule has 2 aromatic carbocycles. The van der Waals surface area contributed by atoms with Crippen molar-refractivity contribution in [3.63, 3.8) is 0 Å². The van der Waals surface area contributed by atoms with Gasteiger partial charge in [-0.3, -0.25) is 9.69 Å². The minimum Gasteiger partial charge on any atom is -0.493 e. The molecule has 1 fully saturated rings. The zero-order valence-electron chi connectivity index (χ0n) is 20.4. The zero-order chi connectivity index (χ0) is 24.6. The summed E-state index contributed by atoms with van der Waals surface area (Å²) in [6, 6.07) is 10.9. The first-order valence-corrected chi connectivity index (χ1v) is 12.5. The molecule has 35 heavy (non-hydrogen) atoms. The lowest BCUT2D eigenvalue weighted by molar-refractivity contribution is 0.0752. The van der Waals surface area contributed by atoms with Gasteiger partial charge >= 0.3 is 0 Å². The number of benzene rings is 2. The van der Waals surface area contributed by atoms with Crippen LogP contribution in [0.25, 0.3) is 0 Å². The van der Waals surface area contributed by atoms with E-state index < -0.39 is 0 Å². The van der Waals surface area contributed by atoms with Crippen LogP contribution in [0.3, 0.4) is 0 Å². The van der Waals surface area contributed by atoms with Gasteiger partial charge in [-0.15, -0.1) is 0 Å². The molecule has 188 valence electrons. The normalized spacial score (nSPS) is 16.5. The maximum Gasteiger partial charge on any atom is 0.275 e. The van der Waals surface area contributed by atoms with Crippen LogP contribution >= 0.6 is 11.6 Å². The van der Waals surface area contributed by atoms with Gasteiger partial charge in [-0.05, 0) is 56.2 Å². The van der Waals surface area contributed by atoms with Crippen molar-refractivity contribution in [2.24, 2.45) is 5.10 Å². The number of ether oxygens (including phenoxy) is 3. The van der Waals surface area contributed by atoms with Crippen LogP contribution < -0.4 is 19.5 Å². The number of nitrogens with zero attached hydrogens (tertiary/aromatic N) is 3. The monoisotopic (exact) mass is 500 g/mol. The predicted octanol–water partition coefficient (Wildman–Crippen LogP) is 3.67. The van der Waals surface area contributed by atoms with Gasteiger partial charge in [0.25, 0.3) is 5.91 Å². The number of amides is 1. The fourth-order valence-corrected chi connectivity index (χ4v) is 4.49. The molecule has 2 heterocycles. The second-order valence-electron chi connectivity index (χ2n) is 8.46. The van der Waals surface area contributed by atoms with Crippen LogP contribution in [0.4, 0.5) is 0 Å². The average molecular weight is 501 g/mol. The van der Waals surface area contributed by atoms with E-state index in [1.165, 1.54) is 5.01 Å². The number of hydrogen-bond acceptors (Lipinski definition) is 7. The Morgan fingerprint density at radius 1 is 1.09 bits per heavy atom. The Morgan fingerprint density at radius 2 is 1.91 bits per heavy atom. The fraction of sp³-hybridized carbons (Fsp3) is 0.462. The highest BCUT2D eigenvalue weighted by Crippen LogP contribution is 2.30. The van der Waals surface area contributed by atoms with Crippen LogP contribution in [-0.2, 0) is 0 Å². The van der Waals surface area contributed by atoms with E-state index in [-0.39, 0.29) is 5.91 Å². The fourth-order valence-electron chi connectivity index (χ4n) is 4.24. The second kappa shape index (κ2) is 12.2. The standard InChI is InChI=1S/C26H33ClN4O4/c1-3-34-25-17-19(6-9-24(25)33-2)23-5-4-12-31(29-23)26(32)21-8-7-20(18-22(21)27)35-16-15-30-13-10-28-11-14-30/h6-9,17-18,28H,3-5,10-16H2,1-2H3. The molecular formula is C26H33ClN4O4. The smallest absolute Gasteiger partial charge is 0.275 e. The number of halogens is 1. The third-order valence-corrected chi connectivity index (χ3v) is 6.43. The molecule has 0 bridgehead atoms. The van der Waals surface area contributed by atoms with Gasteiger partial charge in [-0.2, -0.15) is 5.10 Å². The van der Waals surface area contributed by atoms with E-state index in [0.717, 1.165) is 56.8 Å². The molecule has 2 aliphatic heterocycles. The van der Waals surface area contributed by atoms with Crippen LogP contribution in [0.1, 0.15) is 35.7 Å². The van der Waals surface area contributed by atoms with Gasteiger partial charge in [-0.25, -0.2) is 5.01 Å². The Hall–Kier alpha value is -2.81. The first-order chi connectivity index (χ1) is 17.1. The highest BCUT2D eigenvalue weighted by molar-refractivity contribution is 6.34. The summed E-state index contributed by atoms with van der Waals surface area (Å²) in [6.45, 7) is 8.51. The first-order valence-electron chi connectivity index (χ1n) is 12.1. The minimum absolute atomic E-state index is 0.224. The first kappa shape index (κ1) is 25.3. The number of methoxy groups -OCH3 is 1.